The van der Waals surface area contributed by atoms with Crippen LogP contribution >= 0.6 is 39.7 Å². The fourth-order valence-electron chi connectivity index (χ4n) is 0.640. The third-order valence-electron chi connectivity index (χ3n) is 1.15. The maximum atomic E-state index is 12.0. The second-order valence-corrected chi connectivity index (χ2v) is 3.70. The molecule has 64 valence electrons. The largest absolute Gasteiger partial charge is 0.321 e. The molecule has 0 saturated carbocycles. The summed E-state index contributed by atoms with van der Waals surface area (Å²) in [5, 5.41) is 1.88. The monoisotopic (exact) mass is 259 g/mol. The Morgan fingerprint density at radius 3 is 2.73 bits per heavy atom. The van der Waals surface area contributed by atoms with E-state index in [1.807, 2.05) is 11.4 Å². The summed E-state index contributed by atoms with van der Waals surface area (Å²) in [5.41, 5.74) is 5.44. The summed E-state index contributed by atoms with van der Waals surface area (Å²) in [6.45, 7) is -0.501. The van der Waals surface area contributed by atoms with Crippen molar-refractivity contribution in [2.45, 2.75) is 6.04 Å². The van der Waals surface area contributed by atoms with Crippen LogP contribution in [0.1, 0.15) is 10.9 Å². The van der Waals surface area contributed by atoms with Crippen LogP contribution in [0.4, 0.5) is 4.39 Å². The summed E-state index contributed by atoms with van der Waals surface area (Å²) in [4.78, 5) is 0.877. The molecule has 0 aliphatic rings. The van der Waals surface area contributed by atoms with E-state index < -0.39 is 12.7 Å². The van der Waals surface area contributed by atoms with Crippen LogP contribution in [0.25, 0.3) is 0 Å². The quantitative estimate of drug-likeness (QED) is 0.869. The Hall–Kier alpha value is 0.360. The average Bonchev–Trinajstić information content (AvgIpc) is 2.34. The van der Waals surface area contributed by atoms with Gasteiger partial charge in [-0.1, -0.05) is 0 Å². The molecule has 0 radical (unpaired) electrons. The van der Waals surface area contributed by atoms with Crippen molar-refractivity contribution in [3.63, 3.8) is 0 Å². The van der Waals surface area contributed by atoms with Crippen LogP contribution < -0.4 is 5.73 Å². The zero-order chi connectivity index (χ0) is 7.56. The van der Waals surface area contributed by atoms with Crippen LogP contribution in [-0.2, 0) is 0 Å². The lowest BCUT2D eigenvalue weighted by atomic mass is 10.3. The molecule has 11 heavy (non-hydrogen) atoms. The van der Waals surface area contributed by atoms with Crippen molar-refractivity contribution < 1.29 is 4.39 Å². The highest BCUT2D eigenvalue weighted by Gasteiger charge is 2.09. The van der Waals surface area contributed by atoms with Gasteiger partial charge in [-0.2, -0.15) is 0 Å². The lowest BCUT2D eigenvalue weighted by Gasteiger charge is -2.02. The summed E-state index contributed by atoms with van der Waals surface area (Å²) in [6.07, 6.45) is 0. The number of thiophene rings is 1. The number of hydrogen-bond donors (Lipinski definition) is 1. The normalized spacial score (nSPS) is 12.3. The van der Waals surface area contributed by atoms with Crippen LogP contribution in [0.2, 0.25) is 0 Å². The van der Waals surface area contributed by atoms with Crippen molar-refractivity contribution in [2.75, 3.05) is 6.67 Å². The molecule has 1 nitrogen and oxygen atoms in total. The first kappa shape index (κ1) is 11.4. The molecule has 1 aromatic rings. The molecule has 0 amide bonds. The van der Waals surface area contributed by atoms with Gasteiger partial charge in [-0.15, -0.1) is 23.7 Å². The number of hydrogen-bond acceptors (Lipinski definition) is 2. The Bertz CT molecular complexity index is 218. The number of halogens is 3. The minimum atomic E-state index is -0.501. The van der Waals surface area contributed by atoms with Gasteiger partial charge in [0.1, 0.15) is 6.67 Å². The minimum Gasteiger partial charge on any atom is -0.321 e. The van der Waals surface area contributed by atoms with Gasteiger partial charge in [-0.3, -0.25) is 0 Å². The van der Waals surface area contributed by atoms with Gasteiger partial charge in [0, 0.05) is 9.35 Å². The molecular weight excluding hydrogens is 252 g/mol. The predicted molar refractivity (Wildman–Crippen MR) is 52.2 cm³/mol. The van der Waals surface area contributed by atoms with E-state index in [1.54, 1.807) is 0 Å². The van der Waals surface area contributed by atoms with Gasteiger partial charge in [0.25, 0.3) is 0 Å². The van der Waals surface area contributed by atoms with E-state index in [2.05, 4.69) is 15.9 Å². The average molecular weight is 261 g/mol. The Morgan fingerprint density at radius 2 is 2.36 bits per heavy atom. The van der Waals surface area contributed by atoms with E-state index in [1.165, 1.54) is 11.3 Å². The van der Waals surface area contributed by atoms with E-state index in [4.69, 9.17) is 5.73 Å². The molecular formula is C6H8BrClFNS. The number of nitrogens with two attached hydrogens (primary N) is 1. The van der Waals surface area contributed by atoms with Gasteiger partial charge >= 0.3 is 0 Å². The molecule has 0 aromatic carbocycles. The van der Waals surface area contributed by atoms with Crippen LogP contribution in [0, 0.1) is 0 Å². The van der Waals surface area contributed by atoms with Gasteiger partial charge in [-0.05, 0) is 27.4 Å². The third kappa shape index (κ3) is 2.71. The van der Waals surface area contributed by atoms with E-state index >= 15 is 0 Å². The highest BCUT2D eigenvalue weighted by Crippen LogP contribution is 2.27. The fraction of sp³-hybridized carbons (Fsp3) is 0.333. The Labute approximate surface area is 83.3 Å². The molecule has 1 atom stereocenters. The van der Waals surface area contributed by atoms with E-state index in [9.17, 15) is 4.39 Å². The summed E-state index contributed by atoms with van der Waals surface area (Å²) in [7, 11) is 0. The van der Waals surface area contributed by atoms with Crippen molar-refractivity contribution in [3.8, 4) is 0 Å². The van der Waals surface area contributed by atoms with Gasteiger partial charge < -0.3 is 5.73 Å². The van der Waals surface area contributed by atoms with E-state index in [0.29, 0.717) is 0 Å². The van der Waals surface area contributed by atoms with Crippen molar-refractivity contribution in [3.05, 3.63) is 20.8 Å². The third-order valence-corrected chi connectivity index (χ3v) is 3.15. The zero-order valence-electron chi connectivity index (χ0n) is 5.59. The molecule has 1 rings (SSSR count). The Kier molecular flexibility index (Phi) is 5.25. The SMILES string of the molecule is Cl.N[C@@H](CF)c1sccc1Br. The van der Waals surface area contributed by atoms with Crippen LogP contribution in [0.3, 0.4) is 0 Å². The van der Waals surface area contributed by atoms with Gasteiger partial charge in [-0.25, -0.2) is 4.39 Å². The molecule has 0 spiro atoms. The first-order valence-electron chi connectivity index (χ1n) is 2.80. The summed E-state index contributed by atoms with van der Waals surface area (Å²) in [5.74, 6) is 0. The molecule has 1 aromatic heterocycles. The standard InChI is InChI=1S/C6H7BrFNS.ClH/c7-4-1-2-10-6(4)5(9)3-8;/h1-2,5H,3,9H2;1H/t5-;/m0./s1. The van der Waals surface area contributed by atoms with Gasteiger partial charge in [0.05, 0.1) is 6.04 Å². The van der Waals surface area contributed by atoms with Crippen LogP contribution in [0.5, 0.6) is 0 Å². The maximum absolute atomic E-state index is 12.0. The second-order valence-electron chi connectivity index (χ2n) is 1.89. The molecule has 0 aliphatic heterocycles. The van der Waals surface area contributed by atoms with Crippen LogP contribution in [-0.4, -0.2) is 6.67 Å². The van der Waals surface area contributed by atoms with Crippen molar-refractivity contribution in [2.24, 2.45) is 5.73 Å². The minimum absolute atomic E-state index is 0. The molecule has 0 saturated heterocycles. The van der Waals surface area contributed by atoms with Crippen LogP contribution in [0.15, 0.2) is 15.9 Å². The predicted octanol–water partition coefficient (Wildman–Crippen LogP) is 2.90. The highest BCUT2D eigenvalue weighted by molar-refractivity contribution is 9.10. The molecule has 0 aliphatic carbocycles. The smallest absolute Gasteiger partial charge is 0.109 e. The molecule has 1 heterocycles. The lowest BCUT2D eigenvalue weighted by molar-refractivity contribution is 0.440. The van der Waals surface area contributed by atoms with Gasteiger partial charge in [0.2, 0.25) is 0 Å². The fourth-order valence-corrected chi connectivity index (χ4v) is 2.29. The first-order chi connectivity index (χ1) is 4.75. The summed E-state index contributed by atoms with van der Waals surface area (Å²) >= 11 is 4.74. The molecule has 0 fully saturated rings. The number of alkyl halides is 1. The lowest BCUT2D eigenvalue weighted by Crippen LogP contribution is -2.10. The first-order valence-corrected chi connectivity index (χ1v) is 4.47. The van der Waals surface area contributed by atoms with Gasteiger partial charge in [0.15, 0.2) is 0 Å². The molecule has 0 bridgehead atoms. The topological polar surface area (TPSA) is 26.0 Å². The highest BCUT2D eigenvalue weighted by atomic mass is 79.9. The zero-order valence-corrected chi connectivity index (χ0v) is 8.81. The molecule has 5 heteroatoms. The van der Waals surface area contributed by atoms with Crippen molar-refractivity contribution >= 4 is 39.7 Å². The maximum Gasteiger partial charge on any atom is 0.109 e. The Balaban J connectivity index is 0.000001000. The molecule has 0 unspecified atom stereocenters. The van der Waals surface area contributed by atoms with Crippen molar-refractivity contribution in [1.82, 2.24) is 0 Å². The summed E-state index contributed by atoms with van der Waals surface area (Å²) < 4.78 is 12.9. The summed E-state index contributed by atoms with van der Waals surface area (Å²) in [6, 6.07) is 1.41. The molecule has 2 N–H and O–H groups in total. The van der Waals surface area contributed by atoms with E-state index in [0.717, 1.165) is 9.35 Å². The van der Waals surface area contributed by atoms with Crippen molar-refractivity contribution in [1.29, 1.82) is 0 Å². The second kappa shape index (κ2) is 5.09. The Morgan fingerprint density at radius 1 is 1.73 bits per heavy atom. The number of rotatable bonds is 2. The van der Waals surface area contributed by atoms with E-state index in [-0.39, 0.29) is 12.4 Å².